The molecule has 0 unspecified atom stereocenters. The van der Waals surface area contributed by atoms with Gasteiger partial charge in [0.1, 0.15) is 0 Å². The van der Waals surface area contributed by atoms with Gasteiger partial charge in [-0.15, -0.1) is 11.8 Å². The molecule has 0 fully saturated rings. The number of aromatic nitrogens is 1. The monoisotopic (exact) mass is 349 g/mol. The molecule has 0 bridgehead atoms. The third-order valence-electron chi connectivity index (χ3n) is 3.23. The third kappa shape index (κ3) is 4.10. The Balaban J connectivity index is 2.02. The number of hydrogen-bond donors (Lipinski definition) is 0. The molecule has 1 nitrogen and oxygen atoms in total. The summed E-state index contributed by atoms with van der Waals surface area (Å²) in [5, 5.41) is 1.07. The summed E-state index contributed by atoms with van der Waals surface area (Å²) >= 11 is 5.26. The molecule has 2 aromatic rings. The molecule has 0 atom stereocenters. The summed E-state index contributed by atoms with van der Waals surface area (Å²) in [7, 11) is 0. The van der Waals surface area contributed by atoms with Crippen molar-refractivity contribution in [1.82, 2.24) is 4.98 Å². The average molecular weight is 350 g/mol. The predicted octanol–water partition coefficient (Wildman–Crippen LogP) is 5.74. The van der Waals surface area contributed by atoms with Crippen molar-refractivity contribution in [3.63, 3.8) is 0 Å². The van der Waals surface area contributed by atoms with Crippen molar-refractivity contribution in [3.8, 4) is 0 Å². The lowest BCUT2D eigenvalue weighted by Crippen LogP contribution is -2.10. The molecule has 0 radical (unpaired) electrons. The molecule has 0 aliphatic rings. The van der Waals surface area contributed by atoms with Gasteiger partial charge in [0.05, 0.1) is 5.03 Å². The fourth-order valence-corrected chi connectivity index (χ4v) is 2.96. The van der Waals surface area contributed by atoms with E-state index in [9.17, 15) is 0 Å². The summed E-state index contributed by atoms with van der Waals surface area (Å²) in [6.07, 6.45) is 1.88. The molecule has 1 aromatic carbocycles. The first-order chi connectivity index (χ1) is 9.36. The van der Waals surface area contributed by atoms with E-state index in [1.54, 1.807) is 11.8 Å². The molecule has 0 saturated heterocycles. The van der Waals surface area contributed by atoms with Crippen LogP contribution in [0.4, 0.5) is 0 Å². The van der Waals surface area contributed by atoms with Crippen LogP contribution in [0.1, 0.15) is 37.5 Å². The lowest BCUT2D eigenvalue weighted by Gasteiger charge is -2.19. The number of thioether (sulfide) groups is 1. The van der Waals surface area contributed by atoms with E-state index in [1.165, 1.54) is 16.7 Å². The second-order valence-corrected chi connectivity index (χ2v) is 7.86. The van der Waals surface area contributed by atoms with Crippen molar-refractivity contribution < 1.29 is 0 Å². The van der Waals surface area contributed by atoms with Crippen molar-refractivity contribution in [2.45, 2.75) is 43.9 Å². The topological polar surface area (TPSA) is 12.9 Å². The van der Waals surface area contributed by atoms with E-state index in [0.29, 0.717) is 0 Å². The van der Waals surface area contributed by atoms with Gasteiger partial charge < -0.3 is 0 Å². The summed E-state index contributed by atoms with van der Waals surface area (Å²) in [5.74, 6) is 0.957. The molecule has 0 N–H and O–H groups in total. The van der Waals surface area contributed by atoms with Gasteiger partial charge in [0, 0.05) is 16.4 Å². The van der Waals surface area contributed by atoms with Gasteiger partial charge in [-0.1, -0.05) is 45.0 Å². The van der Waals surface area contributed by atoms with Gasteiger partial charge >= 0.3 is 0 Å². The Hall–Kier alpha value is -0.800. The van der Waals surface area contributed by atoms with E-state index in [0.717, 1.165) is 15.3 Å². The Bertz CT molecular complexity index is 585. The Kier molecular flexibility index (Phi) is 4.92. The molecule has 2 rings (SSSR count). The molecule has 1 aromatic heterocycles. The zero-order valence-corrected chi connectivity index (χ0v) is 14.8. The number of hydrogen-bond acceptors (Lipinski definition) is 2. The maximum atomic E-state index is 4.43. The molecular weight excluding hydrogens is 330 g/mol. The molecule has 0 saturated carbocycles. The van der Waals surface area contributed by atoms with Gasteiger partial charge in [-0.2, -0.15) is 0 Å². The first kappa shape index (κ1) is 15.6. The fraction of sp³-hybridized carbons (Fsp3) is 0.353. The van der Waals surface area contributed by atoms with Crippen LogP contribution < -0.4 is 0 Å². The maximum Gasteiger partial charge on any atom is 0.0966 e. The van der Waals surface area contributed by atoms with Crippen molar-refractivity contribution >= 4 is 27.7 Å². The zero-order valence-electron chi connectivity index (χ0n) is 12.4. The third-order valence-corrected chi connectivity index (χ3v) is 5.06. The van der Waals surface area contributed by atoms with Gasteiger partial charge in [0.25, 0.3) is 0 Å². The first-order valence-electron chi connectivity index (χ1n) is 6.70. The van der Waals surface area contributed by atoms with Crippen molar-refractivity contribution in [2.75, 3.05) is 0 Å². The molecular formula is C17H20BrNS. The predicted molar refractivity (Wildman–Crippen MR) is 91.4 cm³/mol. The van der Waals surface area contributed by atoms with Gasteiger partial charge in [-0.3, -0.25) is 0 Å². The molecule has 0 aliphatic heterocycles. The fourth-order valence-electron chi connectivity index (χ4n) is 1.85. The average Bonchev–Trinajstić information content (AvgIpc) is 2.40. The van der Waals surface area contributed by atoms with Crippen LogP contribution in [0.5, 0.6) is 0 Å². The van der Waals surface area contributed by atoms with Crippen LogP contribution in [0.15, 0.2) is 46.0 Å². The normalized spacial score (nSPS) is 11.7. The highest BCUT2D eigenvalue weighted by Gasteiger charge is 2.12. The summed E-state index contributed by atoms with van der Waals surface area (Å²) in [4.78, 5) is 4.43. The number of benzene rings is 1. The second kappa shape index (κ2) is 6.31. The highest BCUT2D eigenvalue weighted by Crippen LogP contribution is 2.26. The van der Waals surface area contributed by atoms with Crippen LogP contribution in [0.3, 0.4) is 0 Å². The summed E-state index contributed by atoms with van der Waals surface area (Å²) in [6, 6.07) is 11.0. The van der Waals surface area contributed by atoms with Gasteiger partial charge in [-0.25, -0.2) is 4.98 Å². The number of halogens is 1. The Morgan fingerprint density at radius 2 is 1.80 bits per heavy atom. The van der Waals surface area contributed by atoms with Crippen molar-refractivity contribution in [2.24, 2.45) is 0 Å². The van der Waals surface area contributed by atoms with E-state index in [2.05, 4.69) is 78.9 Å². The van der Waals surface area contributed by atoms with E-state index in [1.807, 2.05) is 6.20 Å². The van der Waals surface area contributed by atoms with Crippen molar-refractivity contribution in [3.05, 3.63) is 57.7 Å². The summed E-state index contributed by atoms with van der Waals surface area (Å²) in [6.45, 7) is 8.82. The Morgan fingerprint density at radius 3 is 2.35 bits per heavy atom. The lowest BCUT2D eigenvalue weighted by molar-refractivity contribution is 0.590. The number of aryl methyl sites for hydroxylation is 1. The van der Waals surface area contributed by atoms with Crippen LogP contribution in [0.25, 0.3) is 0 Å². The van der Waals surface area contributed by atoms with Crippen LogP contribution in [0, 0.1) is 6.92 Å². The second-order valence-electron chi connectivity index (χ2n) is 6.01. The standard InChI is InChI=1S/C17H20BrNS/c1-12-9-16(19-10-15(12)18)20-11-13-5-7-14(8-6-13)17(2,3)4/h5-10H,11H2,1-4H3. The van der Waals surface area contributed by atoms with E-state index in [4.69, 9.17) is 0 Å². The number of nitrogens with zero attached hydrogens (tertiary/aromatic N) is 1. The molecule has 20 heavy (non-hydrogen) atoms. The lowest BCUT2D eigenvalue weighted by atomic mass is 9.87. The SMILES string of the molecule is Cc1cc(SCc2ccc(C(C)(C)C)cc2)ncc1Br. The number of rotatable bonds is 3. The number of pyridine rings is 1. The van der Waals surface area contributed by atoms with Crippen molar-refractivity contribution in [1.29, 1.82) is 0 Å². The Morgan fingerprint density at radius 1 is 1.15 bits per heavy atom. The molecule has 0 aliphatic carbocycles. The minimum absolute atomic E-state index is 0.218. The van der Waals surface area contributed by atoms with Crippen LogP contribution >= 0.6 is 27.7 Å². The minimum atomic E-state index is 0.218. The quantitative estimate of drug-likeness (QED) is 0.655. The smallest absolute Gasteiger partial charge is 0.0966 e. The summed E-state index contributed by atoms with van der Waals surface area (Å²) < 4.78 is 1.07. The van der Waals surface area contributed by atoms with Gasteiger partial charge in [0.2, 0.25) is 0 Å². The highest BCUT2D eigenvalue weighted by atomic mass is 79.9. The molecule has 3 heteroatoms. The van der Waals surface area contributed by atoms with Crippen LogP contribution in [-0.2, 0) is 11.2 Å². The highest BCUT2D eigenvalue weighted by molar-refractivity contribution is 9.10. The molecule has 0 spiro atoms. The summed E-state index contributed by atoms with van der Waals surface area (Å²) in [5.41, 5.74) is 4.16. The maximum absolute atomic E-state index is 4.43. The van der Waals surface area contributed by atoms with Crippen LogP contribution in [-0.4, -0.2) is 4.98 Å². The zero-order chi connectivity index (χ0) is 14.8. The molecule has 1 heterocycles. The van der Waals surface area contributed by atoms with E-state index >= 15 is 0 Å². The minimum Gasteiger partial charge on any atom is -0.249 e. The Labute approximate surface area is 134 Å². The van der Waals surface area contributed by atoms with Gasteiger partial charge in [0.15, 0.2) is 0 Å². The first-order valence-corrected chi connectivity index (χ1v) is 8.48. The van der Waals surface area contributed by atoms with E-state index < -0.39 is 0 Å². The molecule has 0 amide bonds. The molecule has 106 valence electrons. The van der Waals surface area contributed by atoms with E-state index in [-0.39, 0.29) is 5.41 Å². The largest absolute Gasteiger partial charge is 0.249 e. The van der Waals surface area contributed by atoms with Gasteiger partial charge in [-0.05, 0) is 51.0 Å². The van der Waals surface area contributed by atoms with Crippen LogP contribution in [0.2, 0.25) is 0 Å².